The number of carbonyl (C=O) groups excluding carboxylic acids is 1. The molecular formula is C21H19FN2O2S. The maximum Gasteiger partial charge on any atom is 0.267 e. The molecule has 0 bridgehead atoms. The summed E-state index contributed by atoms with van der Waals surface area (Å²) in [6.07, 6.45) is 0.637. The Morgan fingerprint density at radius 1 is 1.22 bits per heavy atom. The summed E-state index contributed by atoms with van der Waals surface area (Å²) in [6, 6.07) is 14.2. The molecular weight excluding hydrogens is 363 g/mol. The number of hydrogen-bond donors (Lipinski definition) is 1. The van der Waals surface area contributed by atoms with Crippen LogP contribution in [0.1, 0.15) is 27.6 Å². The third-order valence-electron chi connectivity index (χ3n) is 4.44. The minimum Gasteiger partial charge on any atom is -0.466 e. The van der Waals surface area contributed by atoms with Crippen molar-refractivity contribution < 1.29 is 13.6 Å². The summed E-state index contributed by atoms with van der Waals surface area (Å²) in [5, 5.41) is 4.95. The van der Waals surface area contributed by atoms with Crippen molar-refractivity contribution in [3.8, 4) is 0 Å². The van der Waals surface area contributed by atoms with Gasteiger partial charge in [-0.1, -0.05) is 12.1 Å². The summed E-state index contributed by atoms with van der Waals surface area (Å²) in [6.45, 7) is 2.83. The molecule has 138 valence electrons. The second-order valence-electron chi connectivity index (χ2n) is 6.43. The summed E-state index contributed by atoms with van der Waals surface area (Å²) in [5.74, 6) is 1.29. The van der Waals surface area contributed by atoms with Gasteiger partial charge in [0, 0.05) is 19.5 Å². The predicted octanol–water partition coefficient (Wildman–Crippen LogP) is 4.76. The van der Waals surface area contributed by atoms with Crippen molar-refractivity contribution in [1.82, 2.24) is 9.88 Å². The molecule has 0 aliphatic rings. The van der Waals surface area contributed by atoms with E-state index in [-0.39, 0.29) is 11.7 Å². The van der Waals surface area contributed by atoms with Crippen LogP contribution in [-0.4, -0.2) is 17.0 Å². The van der Waals surface area contributed by atoms with E-state index < -0.39 is 0 Å². The Bertz CT molecular complexity index is 1090. The number of furan rings is 1. The number of hydrogen-bond acceptors (Lipinski definition) is 3. The van der Waals surface area contributed by atoms with Crippen molar-refractivity contribution in [2.24, 2.45) is 0 Å². The number of halogens is 1. The van der Waals surface area contributed by atoms with E-state index in [1.165, 1.54) is 12.1 Å². The van der Waals surface area contributed by atoms with Gasteiger partial charge in [-0.15, -0.1) is 11.3 Å². The zero-order valence-electron chi connectivity index (χ0n) is 14.9. The molecule has 1 amide bonds. The molecule has 4 rings (SSSR count). The van der Waals surface area contributed by atoms with Crippen LogP contribution >= 0.6 is 11.3 Å². The Kier molecular flexibility index (Phi) is 4.81. The zero-order chi connectivity index (χ0) is 18.8. The Morgan fingerprint density at radius 2 is 2.11 bits per heavy atom. The van der Waals surface area contributed by atoms with Gasteiger partial charge in [-0.05, 0) is 54.3 Å². The monoisotopic (exact) mass is 382 g/mol. The normalized spacial score (nSPS) is 11.2. The molecule has 0 saturated heterocycles. The largest absolute Gasteiger partial charge is 0.466 e. The first kappa shape index (κ1) is 17.5. The molecule has 3 heterocycles. The molecule has 0 unspecified atom stereocenters. The molecule has 0 saturated carbocycles. The van der Waals surface area contributed by atoms with E-state index in [0.29, 0.717) is 25.2 Å². The van der Waals surface area contributed by atoms with E-state index in [1.54, 1.807) is 17.4 Å². The molecule has 3 aromatic heterocycles. The molecule has 0 atom stereocenters. The molecule has 0 radical (unpaired) electrons. The first-order valence-corrected chi connectivity index (χ1v) is 9.63. The maximum atomic E-state index is 13.5. The molecule has 6 heteroatoms. The van der Waals surface area contributed by atoms with Crippen LogP contribution in [0.4, 0.5) is 4.39 Å². The number of carbonyl (C=O) groups is 1. The fraction of sp³-hybridized carbons (Fsp3) is 0.190. The number of benzene rings is 1. The van der Waals surface area contributed by atoms with Crippen LogP contribution in [0.2, 0.25) is 0 Å². The molecule has 0 aliphatic carbocycles. The molecule has 0 aliphatic heterocycles. The molecule has 27 heavy (non-hydrogen) atoms. The van der Waals surface area contributed by atoms with Gasteiger partial charge in [0.2, 0.25) is 0 Å². The van der Waals surface area contributed by atoms with Crippen LogP contribution < -0.4 is 5.32 Å². The van der Waals surface area contributed by atoms with Crippen molar-refractivity contribution >= 4 is 27.5 Å². The van der Waals surface area contributed by atoms with Crippen LogP contribution in [-0.2, 0) is 13.0 Å². The molecule has 0 fully saturated rings. The lowest BCUT2D eigenvalue weighted by Crippen LogP contribution is -2.28. The molecule has 4 aromatic rings. The van der Waals surface area contributed by atoms with Crippen molar-refractivity contribution in [1.29, 1.82) is 0 Å². The number of thiophene rings is 1. The van der Waals surface area contributed by atoms with Crippen LogP contribution in [0, 0.1) is 12.7 Å². The van der Waals surface area contributed by atoms with E-state index in [1.807, 2.05) is 47.2 Å². The van der Waals surface area contributed by atoms with Crippen LogP contribution in [0.5, 0.6) is 0 Å². The topological polar surface area (TPSA) is 47.2 Å². The Hall–Kier alpha value is -2.86. The standard InChI is InChI=1S/C21H19FN2O2S/c1-14-5-6-17(26-14)7-9-23-21(25)19-12-20-18(8-10-27-20)24(19)13-15-3-2-4-16(22)11-15/h2-6,8,10-12H,7,9,13H2,1H3,(H,23,25). The van der Waals surface area contributed by atoms with Crippen molar-refractivity contribution in [2.45, 2.75) is 19.9 Å². The number of aromatic nitrogens is 1. The third kappa shape index (κ3) is 3.80. The molecule has 4 nitrogen and oxygen atoms in total. The predicted molar refractivity (Wildman–Crippen MR) is 105 cm³/mol. The summed E-state index contributed by atoms with van der Waals surface area (Å²) in [4.78, 5) is 12.8. The van der Waals surface area contributed by atoms with Gasteiger partial charge in [-0.25, -0.2) is 4.39 Å². The smallest absolute Gasteiger partial charge is 0.267 e. The number of nitrogens with zero attached hydrogens (tertiary/aromatic N) is 1. The Balaban J connectivity index is 1.53. The first-order valence-electron chi connectivity index (χ1n) is 8.75. The second-order valence-corrected chi connectivity index (χ2v) is 7.38. The average Bonchev–Trinajstić information content (AvgIpc) is 3.33. The van der Waals surface area contributed by atoms with Gasteiger partial charge in [-0.3, -0.25) is 4.79 Å². The first-order chi connectivity index (χ1) is 13.1. The number of fused-ring (bicyclic) bond motifs is 1. The highest BCUT2D eigenvalue weighted by Gasteiger charge is 2.17. The van der Waals surface area contributed by atoms with E-state index in [0.717, 1.165) is 27.3 Å². The average molecular weight is 382 g/mol. The van der Waals surface area contributed by atoms with Gasteiger partial charge in [-0.2, -0.15) is 0 Å². The third-order valence-corrected chi connectivity index (χ3v) is 5.29. The highest BCUT2D eigenvalue weighted by Crippen LogP contribution is 2.26. The lowest BCUT2D eigenvalue weighted by Gasteiger charge is -2.11. The van der Waals surface area contributed by atoms with Gasteiger partial charge in [0.05, 0.1) is 10.2 Å². The van der Waals surface area contributed by atoms with E-state index >= 15 is 0 Å². The Morgan fingerprint density at radius 3 is 2.89 bits per heavy atom. The quantitative estimate of drug-likeness (QED) is 0.522. The lowest BCUT2D eigenvalue weighted by molar-refractivity contribution is 0.0945. The zero-order valence-corrected chi connectivity index (χ0v) is 15.7. The minimum absolute atomic E-state index is 0.141. The van der Waals surface area contributed by atoms with Crippen LogP contribution in [0.3, 0.4) is 0 Å². The summed E-state index contributed by atoms with van der Waals surface area (Å²) < 4.78 is 22.1. The second kappa shape index (κ2) is 7.40. The van der Waals surface area contributed by atoms with Crippen molar-refractivity contribution in [3.63, 3.8) is 0 Å². The fourth-order valence-electron chi connectivity index (χ4n) is 3.16. The van der Waals surface area contributed by atoms with Gasteiger partial charge in [0.15, 0.2) is 0 Å². The van der Waals surface area contributed by atoms with Gasteiger partial charge >= 0.3 is 0 Å². The van der Waals surface area contributed by atoms with E-state index in [4.69, 9.17) is 4.42 Å². The maximum absolute atomic E-state index is 13.5. The number of aryl methyl sites for hydroxylation is 1. The van der Waals surface area contributed by atoms with Crippen LogP contribution in [0.15, 0.2) is 58.3 Å². The SMILES string of the molecule is Cc1ccc(CCNC(=O)c2cc3sccc3n2Cc2cccc(F)c2)o1. The summed E-state index contributed by atoms with van der Waals surface area (Å²) in [7, 11) is 0. The van der Waals surface area contributed by atoms with Gasteiger partial charge in [0.25, 0.3) is 5.91 Å². The Labute approximate surface area is 160 Å². The summed E-state index contributed by atoms with van der Waals surface area (Å²) >= 11 is 1.59. The number of nitrogens with one attached hydrogen (secondary N) is 1. The van der Waals surface area contributed by atoms with Gasteiger partial charge in [0.1, 0.15) is 23.0 Å². The van der Waals surface area contributed by atoms with Crippen molar-refractivity contribution in [3.05, 3.63) is 82.5 Å². The molecule has 1 N–H and O–H groups in total. The lowest BCUT2D eigenvalue weighted by atomic mass is 10.2. The van der Waals surface area contributed by atoms with E-state index in [9.17, 15) is 9.18 Å². The number of rotatable bonds is 6. The van der Waals surface area contributed by atoms with Gasteiger partial charge < -0.3 is 14.3 Å². The van der Waals surface area contributed by atoms with E-state index in [2.05, 4.69) is 5.32 Å². The van der Waals surface area contributed by atoms with Crippen molar-refractivity contribution in [2.75, 3.05) is 6.54 Å². The summed E-state index contributed by atoms with van der Waals surface area (Å²) in [5.41, 5.74) is 2.38. The fourth-order valence-corrected chi connectivity index (χ4v) is 3.98. The minimum atomic E-state index is -0.277. The molecule has 1 aromatic carbocycles. The number of amides is 1. The highest BCUT2D eigenvalue weighted by molar-refractivity contribution is 7.17. The van der Waals surface area contributed by atoms with Crippen LogP contribution in [0.25, 0.3) is 10.2 Å². The highest BCUT2D eigenvalue weighted by atomic mass is 32.1. The molecule has 0 spiro atoms.